The monoisotopic (exact) mass is 227 g/mol. The van der Waals surface area contributed by atoms with Gasteiger partial charge in [0.25, 0.3) is 0 Å². The van der Waals surface area contributed by atoms with Gasteiger partial charge in [-0.2, -0.15) is 0 Å². The maximum absolute atomic E-state index is 6.18. The number of ether oxygens (including phenoxy) is 2. The zero-order valence-electron chi connectivity index (χ0n) is 10.5. The summed E-state index contributed by atoms with van der Waals surface area (Å²) in [5.41, 5.74) is 0.213. The minimum absolute atomic E-state index is 0.213. The van der Waals surface area contributed by atoms with Crippen LogP contribution in [0.3, 0.4) is 0 Å². The van der Waals surface area contributed by atoms with Crippen LogP contribution in [-0.2, 0) is 9.47 Å². The first-order valence-corrected chi connectivity index (χ1v) is 6.77. The molecule has 1 saturated heterocycles. The second-order valence-electron chi connectivity index (χ2n) is 5.18. The predicted molar refractivity (Wildman–Crippen MR) is 64.6 cm³/mol. The summed E-state index contributed by atoms with van der Waals surface area (Å²) in [6.07, 6.45) is 6.21. The number of rotatable bonds is 7. The van der Waals surface area contributed by atoms with Crippen molar-refractivity contribution in [2.75, 3.05) is 32.9 Å². The fraction of sp³-hybridized carbons (Fsp3) is 1.00. The summed E-state index contributed by atoms with van der Waals surface area (Å²) in [5, 5.41) is 3.40. The standard InChI is InChI=1S/C13H25NO2/c1-2-14-8-7-13(5-3-6-13)16-11-12-4-9-15-10-12/h12,14H,2-11H2,1H3. The lowest BCUT2D eigenvalue weighted by Gasteiger charge is -2.42. The van der Waals surface area contributed by atoms with Crippen LogP contribution in [0.1, 0.15) is 39.0 Å². The lowest BCUT2D eigenvalue weighted by Crippen LogP contribution is -2.43. The molecule has 2 fully saturated rings. The molecule has 1 aliphatic heterocycles. The van der Waals surface area contributed by atoms with Crippen molar-refractivity contribution >= 4 is 0 Å². The topological polar surface area (TPSA) is 30.5 Å². The van der Waals surface area contributed by atoms with Crippen molar-refractivity contribution in [1.82, 2.24) is 5.32 Å². The van der Waals surface area contributed by atoms with E-state index < -0.39 is 0 Å². The Hall–Kier alpha value is -0.120. The molecule has 0 amide bonds. The third kappa shape index (κ3) is 3.19. The first-order chi connectivity index (χ1) is 7.85. The molecule has 0 aromatic rings. The van der Waals surface area contributed by atoms with Gasteiger partial charge in [-0.3, -0.25) is 0 Å². The lowest BCUT2D eigenvalue weighted by atomic mass is 9.77. The zero-order chi connectivity index (χ0) is 11.3. The Kier molecular flexibility index (Phi) is 4.62. The van der Waals surface area contributed by atoms with Crippen LogP contribution in [-0.4, -0.2) is 38.5 Å². The maximum atomic E-state index is 6.18. The van der Waals surface area contributed by atoms with Gasteiger partial charge in [-0.05, 0) is 45.2 Å². The van der Waals surface area contributed by atoms with Gasteiger partial charge in [0.2, 0.25) is 0 Å². The lowest BCUT2D eigenvalue weighted by molar-refractivity contribution is -0.115. The molecular formula is C13H25NO2. The highest BCUT2D eigenvalue weighted by Gasteiger charge is 2.38. The summed E-state index contributed by atoms with van der Waals surface area (Å²) in [6, 6.07) is 0. The Morgan fingerprint density at radius 3 is 2.88 bits per heavy atom. The van der Waals surface area contributed by atoms with Crippen molar-refractivity contribution < 1.29 is 9.47 Å². The van der Waals surface area contributed by atoms with Crippen LogP contribution >= 0.6 is 0 Å². The summed E-state index contributed by atoms with van der Waals surface area (Å²) in [7, 11) is 0. The largest absolute Gasteiger partial charge is 0.381 e. The molecule has 0 aromatic heterocycles. The van der Waals surface area contributed by atoms with E-state index in [9.17, 15) is 0 Å². The molecule has 1 aliphatic carbocycles. The average Bonchev–Trinajstić information content (AvgIpc) is 2.73. The van der Waals surface area contributed by atoms with Crippen LogP contribution in [0.2, 0.25) is 0 Å². The molecule has 3 heteroatoms. The molecule has 1 unspecified atom stereocenters. The minimum Gasteiger partial charge on any atom is -0.381 e. The van der Waals surface area contributed by atoms with Crippen molar-refractivity contribution in [3.05, 3.63) is 0 Å². The quantitative estimate of drug-likeness (QED) is 0.674. The fourth-order valence-corrected chi connectivity index (χ4v) is 2.54. The Bertz CT molecular complexity index is 198. The second-order valence-corrected chi connectivity index (χ2v) is 5.18. The molecule has 1 N–H and O–H groups in total. The normalized spacial score (nSPS) is 27.9. The molecule has 3 nitrogen and oxygen atoms in total. The molecule has 16 heavy (non-hydrogen) atoms. The van der Waals surface area contributed by atoms with Crippen LogP contribution in [0.4, 0.5) is 0 Å². The molecule has 1 saturated carbocycles. The average molecular weight is 227 g/mol. The first kappa shape index (κ1) is 12.3. The molecular weight excluding hydrogens is 202 g/mol. The summed E-state index contributed by atoms with van der Waals surface area (Å²) in [4.78, 5) is 0. The fourth-order valence-electron chi connectivity index (χ4n) is 2.54. The molecule has 0 aromatic carbocycles. The Balaban J connectivity index is 1.67. The van der Waals surface area contributed by atoms with E-state index in [0.29, 0.717) is 5.92 Å². The second kappa shape index (κ2) is 5.99. The van der Waals surface area contributed by atoms with Gasteiger partial charge < -0.3 is 14.8 Å². The highest BCUT2D eigenvalue weighted by atomic mass is 16.5. The summed E-state index contributed by atoms with van der Waals surface area (Å²) in [6.45, 7) is 7.06. The van der Waals surface area contributed by atoms with E-state index in [1.165, 1.54) is 32.1 Å². The molecule has 0 spiro atoms. The zero-order valence-corrected chi connectivity index (χ0v) is 10.5. The smallest absolute Gasteiger partial charge is 0.0694 e. The van der Waals surface area contributed by atoms with Crippen LogP contribution < -0.4 is 5.32 Å². The van der Waals surface area contributed by atoms with E-state index in [0.717, 1.165) is 32.9 Å². The van der Waals surface area contributed by atoms with Crippen LogP contribution in [0, 0.1) is 5.92 Å². The van der Waals surface area contributed by atoms with Crippen molar-refractivity contribution in [3.63, 3.8) is 0 Å². The van der Waals surface area contributed by atoms with Gasteiger partial charge in [-0.1, -0.05) is 6.92 Å². The molecule has 0 radical (unpaired) electrons. The Morgan fingerprint density at radius 2 is 2.31 bits per heavy atom. The van der Waals surface area contributed by atoms with Gasteiger partial charge >= 0.3 is 0 Å². The van der Waals surface area contributed by atoms with Crippen LogP contribution in [0.15, 0.2) is 0 Å². The molecule has 2 aliphatic rings. The highest BCUT2D eigenvalue weighted by molar-refractivity contribution is 4.90. The summed E-state index contributed by atoms with van der Waals surface area (Å²) in [5.74, 6) is 0.650. The van der Waals surface area contributed by atoms with Gasteiger partial charge in [-0.15, -0.1) is 0 Å². The van der Waals surface area contributed by atoms with Crippen molar-refractivity contribution in [3.8, 4) is 0 Å². The maximum Gasteiger partial charge on any atom is 0.0694 e. The Labute approximate surface area is 98.9 Å². The van der Waals surface area contributed by atoms with Crippen molar-refractivity contribution in [2.24, 2.45) is 5.92 Å². The molecule has 1 atom stereocenters. The molecule has 94 valence electrons. The van der Waals surface area contributed by atoms with Gasteiger partial charge in [0.15, 0.2) is 0 Å². The number of nitrogens with one attached hydrogen (secondary N) is 1. The van der Waals surface area contributed by atoms with E-state index in [1.807, 2.05) is 0 Å². The summed E-state index contributed by atoms with van der Waals surface area (Å²) >= 11 is 0. The number of hydrogen-bond acceptors (Lipinski definition) is 3. The van der Waals surface area contributed by atoms with E-state index >= 15 is 0 Å². The third-order valence-electron chi connectivity index (χ3n) is 3.92. The Morgan fingerprint density at radius 1 is 1.44 bits per heavy atom. The van der Waals surface area contributed by atoms with E-state index in [-0.39, 0.29) is 5.60 Å². The van der Waals surface area contributed by atoms with E-state index in [1.54, 1.807) is 0 Å². The van der Waals surface area contributed by atoms with Crippen LogP contribution in [0.5, 0.6) is 0 Å². The van der Waals surface area contributed by atoms with E-state index in [4.69, 9.17) is 9.47 Å². The van der Waals surface area contributed by atoms with Gasteiger partial charge in [0, 0.05) is 12.5 Å². The predicted octanol–water partition coefficient (Wildman–Crippen LogP) is 1.96. The molecule has 1 heterocycles. The van der Waals surface area contributed by atoms with Gasteiger partial charge in [-0.25, -0.2) is 0 Å². The van der Waals surface area contributed by atoms with Crippen LogP contribution in [0.25, 0.3) is 0 Å². The molecule has 2 rings (SSSR count). The van der Waals surface area contributed by atoms with Gasteiger partial charge in [0.05, 0.1) is 18.8 Å². The SMILES string of the molecule is CCNCCC1(OCC2CCOC2)CCC1. The van der Waals surface area contributed by atoms with E-state index in [2.05, 4.69) is 12.2 Å². The van der Waals surface area contributed by atoms with Crippen molar-refractivity contribution in [1.29, 1.82) is 0 Å². The van der Waals surface area contributed by atoms with Crippen molar-refractivity contribution in [2.45, 2.75) is 44.6 Å². The first-order valence-electron chi connectivity index (χ1n) is 6.77. The summed E-state index contributed by atoms with van der Waals surface area (Å²) < 4.78 is 11.6. The minimum atomic E-state index is 0.213. The number of hydrogen-bond donors (Lipinski definition) is 1. The highest BCUT2D eigenvalue weighted by Crippen LogP contribution is 2.39. The third-order valence-corrected chi connectivity index (χ3v) is 3.92. The molecule has 0 bridgehead atoms. The van der Waals surface area contributed by atoms with Gasteiger partial charge in [0.1, 0.15) is 0 Å².